The van der Waals surface area contributed by atoms with Crippen LogP contribution in [0.1, 0.15) is 24.8 Å². The van der Waals surface area contributed by atoms with Gasteiger partial charge in [0.1, 0.15) is 6.04 Å². The lowest BCUT2D eigenvalue weighted by molar-refractivity contribution is -0.137. The van der Waals surface area contributed by atoms with E-state index in [1.807, 2.05) is 30.3 Å². The summed E-state index contributed by atoms with van der Waals surface area (Å²) in [4.78, 5) is 34.5. The minimum atomic E-state index is -0.671. The third-order valence-corrected chi connectivity index (χ3v) is 3.48. The Balaban J connectivity index is 1.80. The topological polar surface area (TPSA) is 101 Å². The Morgan fingerprint density at radius 1 is 1.33 bits per heavy atom. The monoisotopic (exact) mass is 289 g/mol. The van der Waals surface area contributed by atoms with Gasteiger partial charge in [-0.2, -0.15) is 0 Å². The summed E-state index contributed by atoms with van der Waals surface area (Å²) >= 11 is 0. The molecule has 1 heterocycles. The summed E-state index contributed by atoms with van der Waals surface area (Å²) in [6.07, 6.45) is 1.76. The summed E-state index contributed by atoms with van der Waals surface area (Å²) in [6, 6.07) is 8.41. The number of carbonyl (C=O) groups is 3. The molecule has 1 unspecified atom stereocenters. The molecule has 1 aromatic carbocycles. The fourth-order valence-electron chi connectivity index (χ4n) is 2.21. The lowest BCUT2D eigenvalue weighted by Gasteiger charge is -2.23. The fourth-order valence-corrected chi connectivity index (χ4v) is 2.21. The zero-order valence-corrected chi connectivity index (χ0v) is 11.7. The second-order valence-corrected chi connectivity index (χ2v) is 5.14. The van der Waals surface area contributed by atoms with Gasteiger partial charge >= 0.3 is 0 Å². The van der Waals surface area contributed by atoms with Gasteiger partial charge < -0.3 is 11.1 Å². The van der Waals surface area contributed by atoms with E-state index in [-0.39, 0.29) is 18.2 Å². The van der Waals surface area contributed by atoms with Crippen molar-refractivity contribution in [2.24, 2.45) is 5.73 Å². The van der Waals surface area contributed by atoms with Crippen LogP contribution in [0.4, 0.5) is 0 Å². The molecule has 6 nitrogen and oxygen atoms in total. The van der Waals surface area contributed by atoms with Crippen LogP contribution in [-0.2, 0) is 20.8 Å². The van der Waals surface area contributed by atoms with Crippen LogP contribution in [-0.4, -0.2) is 29.8 Å². The molecular weight excluding hydrogens is 270 g/mol. The van der Waals surface area contributed by atoms with Crippen LogP contribution < -0.4 is 16.4 Å². The first-order chi connectivity index (χ1) is 10.1. The quantitative estimate of drug-likeness (QED) is 0.657. The lowest BCUT2D eigenvalue weighted by atomic mass is 10.0. The van der Waals surface area contributed by atoms with E-state index in [1.165, 1.54) is 0 Å². The number of aryl methyl sites for hydroxylation is 1. The van der Waals surface area contributed by atoms with Crippen LogP contribution in [0.3, 0.4) is 0 Å². The predicted octanol–water partition coefficient (Wildman–Crippen LogP) is -0.132. The molecule has 0 radical (unpaired) electrons. The van der Waals surface area contributed by atoms with E-state index in [2.05, 4.69) is 10.6 Å². The Morgan fingerprint density at radius 3 is 2.71 bits per heavy atom. The highest BCUT2D eigenvalue weighted by Gasteiger charge is 2.29. The molecule has 3 amide bonds. The van der Waals surface area contributed by atoms with E-state index in [0.717, 1.165) is 5.56 Å². The number of amides is 3. The second kappa shape index (κ2) is 6.99. The minimum absolute atomic E-state index is 0.232. The maximum absolute atomic E-state index is 12.0. The zero-order valence-electron chi connectivity index (χ0n) is 11.7. The van der Waals surface area contributed by atoms with E-state index in [9.17, 15) is 14.4 Å². The van der Waals surface area contributed by atoms with Gasteiger partial charge in [-0.1, -0.05) is 30.3 Å². The van der Waals surface area contributed by atoms with Gasteiger partial charge in [0.25, 0.3) is 0 Å². The summed E-state index contributed by atoms with van der Waals surface area (Å²) in [6.45, 7) is 0. The first-order valence-electron chi connectivity index (χ1n) is 7.00. The summed E-state index contributed by atoms with van der Waals surface area (Å²) in [5, 5.41) is 4.80. The van der Waals surface area contributed by atoms with E-state index in [4.69, 9.17) is 5.73 Å². The SMILES string of the molecule is N[C@@H](CCc1ccccc1)C(=O)NC1CCC(=O)NC1=O. The maximum atomic E-state index is 12.0. The Hall–Kier alpha value is -2.21. The van der Waals surface area contributed by atoms with E-state index in [1.54, 1.807) is 0 Å². The molecule has 0 bridgehead atoms. The zero-order chi connectivity index (χ0) is 15.2. The Kier molecular flexibility index (Phi) is 5.05. The van der Waals surface area contributed by atoms with Crippen LogP contribution in [0.15, 0.2) is 30.3 Å². The van der Waals surface area contributed by atoms with Crippen molar-refractivity contribution in [3.05, 3.63) is 35.9 Å². The van der Waals surface area contributed by atoms with Crippen molar-refractivity contribution in [3.63, 3.8) is 0 Å². The molecule has 6 heteroatoms. The molecule has 1 fully saturated rings. The van der Waals surface area contributed by atoms with Crippen molar-refractivity contribution in [2.75, 3.05) is 0 Å². The molecule has 1 aliphatic rings. The second-order valence-electron chi connectivity index (χ2n) is 5.14. The molecule has 1 aromatic rings. The number of rotatable bonds is 5. The van der Waals surface area contributed by atoms with Gasteiger partial charge in [-0.15, -0.1) is 0 Å². The molecule has 0 saturated carbocycles. The molecule has 0 aromatic heterocycles. The lowest BCUT2D eigenvalue weighted by Crippen LogP contribution is -2.55. The van der Waals surface area contributed by atoms with Crippen molar-refractivity contribution in [1.82, 2.24) is 10.6 Å². The van der Waals surface area contributed by atoms with Gasteiger partial charge in [0.2, 0.25) is 17.7 Å². The number of carbonyl (C=O) groups excluding carboxylic acids is 3. The van der Waals surface area contributed by atoms with Gasteiger partial charge in [0, 0.05) is 6.42 Å². The van der Waals surface area contributed by atoms with Gasteiger partial charge in [-0.25, -0.2) is 0 Å². The highest BCUT2D eigenvalue weighted by molar-refractivity contribution is 6.01. The van der Waals surface area contributed by atoms with Crippen LogP contribution in [0.5, 0.6) is 0 Å². The number of benzene rings is 1. The normalized spacial score (nSPS) is 19.8. The van der Waals surface area contributed by atoms with Gasteiger partial charge in [-0.3, -0.25) is 19.7 Å². The largest absolute Gasteiger partial charge is 0.343 e. The van der Waals surface area contributed by atoms with Crippen LogP contribution >= 0.6 is 0 Å². The fraction of sp³-hybridized carbons (Fsp3) is 0.400. The predicted molar refractivity (Wildman–Crippen MR) is 77.1 cm³/mol. The van der Waals surface area contributed by atoms with Crippen molar-refractivity contribution in [2.45, 2.75) is 37.8 Å². The molecule has 1 saturated heterocycles. The number of nitrogens with one attached hydrogen (secondary N) is 2. The molecule has 2 atom stereocenters. The van der Waals surface area contributed by atoms with Crippen LogP contribution in [0.25, 0.3) is 0 Å². The Labute approximate surface area is 123 Å². The van der Waals surface area contributed by atoms with Crippen molar-refractivity contribution >= 4 is 17.7 Å². The average molecular weight is 289 g/mol. The van der Waals surface area contributed by atoms with E-state index < -0.39 is 18.0 Å². The molecule has 1 aliphatic heterocycles. The Bertz CT molecular complexity index is 530. The number of piperidine rings is 1. The van der Waals surface area contributed by atoms with E-state index >= 15 is 0 Å². The maximum Gasteiger partial charge on any atom is 0.249 e. The molecular formula is C15H19N3O3. The van der Waals surface area contributed by atoms with Crippen molar-refractivity contribution in [1.29, 1.82) is 0 Å². The van der Waals surface area contributed by atoms with Crippen molar-refractivity contribution < 1.29 is 14.4 Å². The molecule has 112 valence electrons. The van der Waals surface area contributed by atoms with Crippen LogP contribution in [0, 0.1) is 0 Å². The van der Waals surface area contributed by atoms with Gasteiger partial charge in [0.15, 0.2) is 0 Å². The summed E-state index contributed by atoms with van der Waals surface area (Å²) < 4.78 is 0. The molecule has 21 heavy (non-hydrogen) atoms. The molecule has 0 spiro atoms. The summed E-state index contributed by atoms with van der Waals surface area (Å²) in [5.41, 5.74) is 6.96. The van der Waals surface area contributed by atoms with Gasteiger partial charge in [-0.05, 0) is 24.8 Å². The molecule has 4 N–H and O–H groups in total. The number of hydrogen-bond acceptors (Lipinski definition) is 4. The molecule has 0 aliphatic carbocycles. The first kappa shape index (κ1) is 15.2. The minimum Gasteiger partial charge on any atom is -0.343 e. The first-order valence-corrected chi connectivity index (χ1v) is 7.00. The number of nitrogens with two attached hydrogens (primary N) is 1. The standard InChI is InChI=1S/C15H19N3O3/c16-11(7-6-10-4-2-1-3-5-10)14(20)17-12-8-9-13(19)18-15(12)21/h1-5,11-12H,6-9,16H2,(H,17,20)(H,18,19,21)/t11-,12?/m0/s1. The highest BCUT2D eigenvalue weighted by Crippen LogP contribution is 2.07. The third-order valence-electron chi connectivity index (χ3n) is 3.48. The summed E-state index contributed by atoms with van der Waals surface area (Å²) in [5.74, 6) is -1.13. The van der Waals surface area contributed by atoms with E-state index in [0.29, 0.717) is 19.3 Å². The molecule has 2 rings (SSSR count). The van der Waals surface area contributed by atoms with Gasteiger partial charge in [0.05, 0.1) is 6.04 Å². The summed E-state index contributed by atoms with van der Waals surface area (Å²) in [7, 11) is 0. The number of imide groups is 1. The number of hydrogen-bond donors (Lipinski definition) is 3. The van der Waals surface area contributed by atoms with Crippen molar-refractivity contribution in [3.8, 4) is 0 Å². The average Bonchev–Trinajstić information content (AvgIpc) is 2.48. The third kappa shape index (κ3) is 4.39. The highest BCUT2D eigenvalue weighted by atomic mass is 16.2. The smallest absolute Gasteiger partial charge is 0.249 e. The van der Waals surface area contributed by atoms with Crippen LogP contribution in [0.2, 0.25) is 0 Å². The Morgan fingerprint density at radius 2 is 2.05 bits per heavy atom.